The molecule has 10 heteroatoms. The summed E-state index contributed by atoms with van der Waals surface area (Å²) in [5.74, 6) is -2.34. The molecular weight excluding hydrogens is 571 g/mol. The number of aliphatic hydroxyl groups excluding tert-OH is 1. The largest absolute Gasteiger partial charge is 0.393 e. The molecule has 0 bridgehead atoms. The Kier molecular flexibility index (Phi) is 8.43. The number of anilines is 1. The van der Waals surface area contributed by atoms with Gasteiger partial charge in [-0.3, -0.25) is 9.59 Å². The van der Waals surface area contributed by atoms with Gasteiger partial charge in [-0.1, -0.05) is 50.0 Å². The number of benzene rings is 2. The quantitative estimate of drug-likeness (QED) is 0.287. The highest BCUT2D eigenvalue weighted by molar-refractivity contribution is 6.31. The van der Waals surface area contributed by atoms with Crippen molar-refractivity contribution in [1.29, 1.82) is 0 Å². The molecule has 0 unspecified atom stereocenters. The second-order valence-corrected chi connectivity index (χ2v) is 13.8. The molecule has 1 aliphatic carbocycles. The molecule has 5 rings (SSSR count). The molecule has 2 aromatic rings. The van der Waals surface area contributed by atoms with Crippen molar-refractivity contribution in [2.24, 2.45) is 11.3 Å². The number of hydrogen-bond donors (Lipinski definition) is 4. The highest BCUT2D eigenvalue weighted by Crippen LogP contribution is 2.57. The topological polar surface area (TPSA) is 90.5 Å². The molecule has 3 aliphatic rings. The Bertz CT molecular complexity index is 1350. The van der Waals surface area contributed by atoms with Gasteiger partial charge in [0.25, 0.3) is 0 Å². The monoisotopic (exact) mass is 607 g/mol. The fraction of sp³-hybridized carbons (Fsp3) is 0.548. The first-order chi connectivity index (χ1) is 19.3. The number of halogens is 4. The molecule has 2 aliphatic heterocycles. The van der Waals surface area contributed by atoms with E-state index in [0.29, 0.717) is 35.7 Å². The summed E-state index contributed by atoms with van der Waals surface area (Å²) in [5, 5.41) is 19.0. The van der Waals surface area contributed by atoms with Gasteiger partial charge in [0.2, 0.25) is 11.8 Å². The van der Waals surface area contributed by atoms with E-state index in [1.807, 2.05) is 20.8 Å². The van der Waals surface area contributed by atoms with Gasteiger partial charge in [0, 0.05) is 24.2 Å². The Morgan fingerprint density at radius 2 is 1.85 bits per heavy atom. The molecular formula is C31H37Cl2F2N3O3. The number of amides is 2. The minimum absolute atomic E-state index is 0.120. The van der Waals surface area contributed by atoms with Crippen molar-refractivity contribution in [3.63, 3.8) is 0 Å². The van der Waals surface area contributed by atoms with E-state index in [1.165, 1.54) is 30.3 Å². The zero-order valence-electron chi connectivity index (χ0n) is 23.5. The molecule has 0 radical (unpaired) electrons. The van der Waals surface area contributed by atoms with Crippen LogP contribution in [0.2, 0.25) is 10.0 Å². The van der Waals surface area contributed by atoms with Gasteiger partial charge in [-0.15, -0.1) is 0 Å². The van der Waals surface area contributed by atoms with E-state index in [2.05, 4.69) is 16.0 Å². The zero-order valence-corrected chi connectivity index (χ0v) is 25.0. The highest BCUT2D eigenvalue weighted by atomic mass is 35.5. The summed E-state index contributed by atoms with van der Waals surface area (Å²) < 4.78 is 29.3. The van der Waals surface area contributed by atoms with Crippen LogP contribution in [-0.4, -0.2) is 41.7 Å². The van der Waals surface area contributed by atoms with Crippen LogP contribution < -0.4 is 16.0 Å². The first-order valence-corrected chi connectivity index (χ1v) is 15.0. The van der Waals surface area contributed by atoms with E-state index >= 15 is 4.39 Å². The minimum atomic E-state index is -1.39. The second-order valence-electron chi connectivity index (χ2n) is 13.0. The van der Waals surface area contributed by atoms with Crippen molar-refractivity contribution >= 4 is 40.7 Å². The summed E-state index contributed by atoms with van der Waals surface area (Å²) in [5.41, 5.74) is -0.358. The standard InChI is InChI=1S/C31H37Cl2F2N3O3/c1-30(2,3)15-25-31(19-13-23(35)21(33)14-24(19)37-29(31)41)26(17-7-9-22(34)20(32)12-17)27(38-25)28(40)36-10-4-5-16-6-8-18(39)11-16/h7,9,12-14,16,18,25-27,38-39H,4-6,8,10-11,15H2,1-3H3,(H,36,40)(H,37,41)/t16-,18+,25+,26-,27+,31-/m0/s1. The molecule has 2 fully saturated rings. The lowest BCUT2D eigenvalue weighted by Gasteiger charge is -2.37. The van der Waals surface area contributed by atoms with Crippen LogP contribution in [0.15, 0.2) is 30.3 Å². The molecule has 4 N–H and O–H groups in total. The molecule has 2 aromatic carbocycles. The smallest absolute Gasteiger partial charge is 0.237 e. The third kappa shape index (κ3) is 5.73. The first kappa shape index (κ1) is 30.2. The lowest BCUT2D eigenvalue weighted by atomic mass is 9.62. The highest BCUT2D eigenvalue weighted by Gasteiger charge is 2.66. The lowest BCUT2D eigenvalue weighted by Crippen LogP contribution is -2.49. The maximum Gasteiger partial charge on any atom is 0.237 e. The number of carbonyl (C=O) groups excluding carboxylic acids is 2. The predicted octanol–water partition coefficient (Wildman–Crippen LogP) is 6.08. The molecule has 6 nitrogen and oxygen atoms in total. The van der Waals surface area contributed by atoms with Gasteiger partial charge in [-0.2, -0.15) is 0 Å². The van der Waals surface area contributed by atoms with Crippen LogP contribution in [0.1, 0.15) is 76.3 Å². The number of nitrogens with one attached hydrogen (secondary N) is 3. The molecule has 2 heterocycles. The van der Waals surface area contributed by atoms with Crippen LogP contribution in [0.4, 0.5) is 14.5 Å². The second kappa shape index (κ2) is 11.4. The summed E-state index contributed by atoms with van der Waals surface area (Å²) in [6, 6.07) is 5.45. The maximum absolute atomic E-state index is 15.0. The van der Waals surface area contributed by atoms with Gasteiger partial charge in [0.05, 0.1) is 22.2 Å². The van der Waals surface area contributed by atoms with E-state index in [4.69, 9.17) is 23.2 Å². The number of fused-ring (bicyclic) bond motifs is 2. The van der Waals surface area contributed by atoms with E-state index < -0.39 is 35.1 Å². The van der Waals surface area contributed by atoms with Crippen LogP contribution in [0.5, 0.6) is 0 Å². The van der Waals surface area contributed by atoms with Gasteiger partial charge in [0.15, 0.2) is 0 Å². The van der Waals surface area contributed by atoms with Crippen LogP contribution in [0, 0.1) is 23.0 Å². The van der Waals surface area contributed by atoms with E-state index in [0.717, 1.165) is 32.1 Å². The Balaban J connectivity index is 1.55. The summed E-state index contributed by atoms with van der Waals surface area (Å²) in [6.07, 6.45) is 4.50. The SMILES string of the molecule is CC(C)(C)C[C@H]1N[C@@H](C(=O)NCCC[C@H]2CC[C@@H](O)C2)[C@H](c2ccc(F)c(Cl)c2)[C@@]12C(=O)Nc1cc(Cl)c(F)cc12. The Morgan fingerprint density at radius 1 is 1.12 bits per heavy atom. The normalized spacial score (nSPS) is 29.2. The molecule has 6 atom stereocenters. The summed E-state index contributed by atoms with van der Waals surface area (Å²) in [4.78, 5) is 28.0. The lowest BCUT2D eigenvalue weighted by molar-refractivity contribution is -0.123. The van der Waals surface area contributed by atoms with Crippen molar-refractivity contribution in [3.8, 4) is 0 Å². The number of rotatable bonds is 7. The zero-order chi connectivity index (χ0) is 29.7. The molecule has 222 valence electrons. The fourth-order valence-corrected chi connectivity index (χ4v) is 7.52. The summed E-state index contributed by atoms with van der Waals surface area (Å²) in [6.45, 7) is 6.55. The molecule has 1 saturated carbocycles. The first-order valence-electron chi connectivity index (χ1n) is 14.3. The van der Waals surface area contributed by atoms with Crippen LogP contribution in [0.25, 0.3) is 0 Å². The van der Waals surface area contributed by atoms with Crippen molar-refractivity contribution in [1.82, 2.24) is 10.6 Å². The van der Waals surface area contributed by atoms with E-state index in [-0.39, 0.29) is 33.4 Å². The summed E-state index contributed by atoms with van der Waals surface area (Å²) in [7, 11) is 0. The molecule has 1 spiro atoms. The van der Waals surface area contributed by atoms with Gasteiger partial charge in [-0.25, -0.2) is 8.78 Å². The van der Waals surface area contributed by atoms with Crippen molar-refractivity contribution in [2.75, 3.05) is 11.9 Å². The average Bonchev–Trinajstić information content (AvgIpc) is 3.53. The molecule has 0 aromatic heterocycles. The number of carbonyl (C=O) groups is 2. The van der Waals surface area contributed by atoms with Crippen LogP contribution in [0.3, 0.4) is 0 Å². The van der Waals surface area contributed by atoms with Crippen molar-refractivity contribution in [2.45, 2.75) is 88.8 Å². The van der Waals surface area contributed by atoms with Gasteiger partial charge < -0.3 is 21.1 Å². The van der Waals surface area contributed by atoms with Crippen LogP contribution in [-0.2, 0) is 15.0 Å². The predicted molar refractivity (Wildman–Crippen MR) is 156 cm³/mol. The molecule has 1 saturated heterocycles. The number of hydrogen-bond acceptors (Lipinski definition) is 4. The van der Waals surface area contributed by atoms with Gasteiger partial charge in [0.1, 0.15) is 17.0 Å². The molecule has 2 amide bonds. The van der Waals surface area contributed by atoms with E-state index in [1.54, 1.807) is 0 Å². The number of aliphatic hydroxyl groups is 1. The maximum atomic E-state index is 15.0. The van der Waals surface area contributed by atoms with Crippen molar-refractivity contribution < 1.29 is 23.5 Å². The molecule has 41 heavy (non-hydrogen) atoms. The van der Waals surface area contributed by atoms with Gasteiger partial charge >= 0.3 is 0 Å². The third-order valence-corrected chi connectivity index (χ3v) is 9.47. The Hall–Kier alpha value is -2.26. The Morgan fingerprint density at radius 3 is 2.51 bits per heavy atom. The minimum Gasteiger partial charge on any atom is -0.393 e. The van der Waals surface area contributed by atoms with Crippen molar-refractivity contribution in [3.05, 3.63) is 63.1 Å². The van der Waals surface area contributed by atoms with E-state index in [9.17, 15) is 19.1 Å². The Labute approximate surface area is 249 Å². The fourth-order valence-electron chi connectivity index (χ4n) is 7.16. The van der Waals surface area contributed by atoms with Gasteiger partial charge in [-0.05, 0) is 85.3 Å². The third-order valence-electron chi connectivity index (χ3n) is 8.89. The van der Waals surface area contributed by atoms with Crippen LogP contribution >= 0.6 is 23.2 Å². The summed E-state index contributed by atoms with van der Waals surface area (Å²) >= 11 is 12.3. The average molecular weight is 609 g/mol.